The van der Waals surface area contributed by atoms with Gasteiger partial charge in [-0.3, -0.25) is 4.79 Å². The SMILES string of the molecule is Cc1cccc(Oc2ccc(NC(=O)CN(C)S(=O)(=O)c3cccs3)cc2)c1. The van der Waals surface area contributed by atoms with Crippen molar-refractivity contribution in [1.29, 1.82) is 0 Å². The van der Waals surface area contributed by atoms with E-state index >= 15 is 0 Å². The van der Waals surface area contributed by atoms with E-state index in [1.54, 1.807) is 35.7 Å². The molecule has 2 aromatic carbocycles. The fourth-order valence-corrected chi connectivity index (χ4v) is 4.80. The van der Waals surface area contributed by atoms with Crippen molar-refractivity contribution in [3.05, 3.63) is 71.6 Å². The summed E-state index contributed by atoms with van der Waals surface area (Å²) in [4.78, 5) is 12.2. The summed E-state index contributed by atoms with van der Waals surface area (Å²) >= 11 is 1.12. The van der Waals surface area contributed by atoms with E-state index in [-0.39, 0.29) is 10.8 Å². The molecule has 6 nitrogen and oxygen atoms in total. The zero-order chi connectivity index (χ0) is 20.1. The zero-order valence-electron chi connectivity index (χ0n) is 15.5. The molecule has 28 heavy (non-hydrogen) atoms. The second kappa shape index (κ2) is 8.55. The number of carbonyl (C=O) groups is 1. The molecule has 0 spiro atoms. The minimum absolute atomic E-state index is 0.209. The average molecular weight is 417 g/mol. The van der Waals surface area contributed by atoms with Crippen LogP contribution >= 0.6 is 11.3 Å². The Morgan fingerprint density at radius 3 is 2.46 bits per heavy atom. The number of nitrogens with one attached hydrogen (secondary N) is 1. The van der Waals surface area contributed by atoms with Gasteiger partial charge in [-0.05, 0) is 60.3 Å². The van der Waals surface area contributed by atoms with Crippen LogP contribution in [0.4, 0.5) is 5.69 Å². The summed E-state index contributed by atoms with van der Waals surface area (Å²) in [7, 11) is -2.27. The molecule has 1 heterocycles. The molecule has 1 amide bonds. The summed E-state index contributed by atoms with van der Waals surface area (Å²) in [5.41, 5.74) is 1.66. The average Bonchev–Trinajstić information content (AvgIpc) is 3.19. The Morgan fingerprint density at radius 2 is 1.82 bits per heavy atom. The summed E-state index contributed by atoms with van der Waals surface area (Å²) < 4.78 is 31.7. The lowest BCUT2D eigenvalue weighted by atomic mass is 10.2. The van der Waals surface area contributed by atoms with Crippen molar-refractivity contribution in [3.8, 4) is 11.5 Å². The minimum atomic E-state index is -3.66. The highest BCUT2D eigenvalue weighted by molar-refractivity contribution is 7.91. The molecule has 0 saturated heterocycles. The molecule has 1 N–H and O–H groups in total. The summed E-state index contributed by atoms with van der Waals surface area (Å²) in [6.07, 6.45) is 0. The quantitative estimate of drug-likeness (QED) is 0.629. The first kappa shape index (κ1) is 20.1. The van der Waals surface area contributed by atoms with Gasteiger partial charge in [0.2, 0.25) is 5.91 Å². The molecule has 0 aliphatic heterocycles. The Morgan fingerprint density at radius 1 is 1.07 bits per heavy atom. The van der Waals surface area contributed by atoms with Crippen LogP contribution < -0.4 is 10.1 Å². The highest BCUT2D eigenvalue weighted by Gasteiger charge is 2.23. The van der Waals surface area contributed by atoms with Gasteiger partial charge in [0.1, 0.15) is 15.7 Å². The van der Waals surface area contributed by atoms with E-state index in [1.807, 2.05) is 31.2 Å². The van der Waals surface area contributed by atoms with Gasteiger partial charge in [-0.15, -0.1) is 11.3 Å². The van der Waals surface area contributed by atoms with Crippen molar-refractivity contribution in [2.75, 3.05) is 18.9 Å². The number of likely N-dealkylation sites (N-methyl/N-ethyl adjacent to an activating group) is 1. The van der Waals surface area contributed by atoms with Gasteiger partial charge < -0.3 is 10.1 Å². The van der Waals surface area contributed by atoms with Crippen LogP contribution in [0.1, 0.15) is 5.56 Å². The van der Waals surface area contributed by atoms with E-state index in [4.69, 9.17) is 4.74 Å². The first-order valence-corrected chi connectivity index (χ1v) is 10.8. The van der Waals surface area contributed by atoms with Crippen molar-refractivity contribution >= 4 is 33.0 Å². The highest BCUT2D eigenvalue weighted by Crippen LogP contribution is 2.24. The Labute approximate surface area is 168 Å². The molecular weight excluding hydrogens is 396 g/mol. The molecule has 0 atom stereocenters. The molecule has 3 aromatic rings. The third-order valence-electron chi connectivity index (χ3n) is 3.89. The smallest absolute Gasteiger partial charge is 0.252 e. The first-order chi connectivity index (χ1) is 13.3. The fraction of sp³-hybridized carbons (Fsp3) is 0.150. The minimum Gasteiger partial charge on any atom is -0.457 e. The molecular formula is C20H20N2O4S2. The number of rotatable bonds is 7. The topological polar surface area (TPSA) is 75.7 Å². The number of anilines is 1. The molecule has 0 aliphatic carbocycles. The van der Waals surface area contributed by atoms with Crippen LogP contribution in [-0.4, -0.2) is 32.2 Å². The normalized spacial score (nSPS) is 11.4. The number of amides is 1. The summed E-state index contributed by atoms with van der Waals surface area (Å²) in [5, 5.41) is 4.37. The van der Waals surface area contributed by atoms with E-state index < -0.39 is 15.9 Å². The molecule has 3 rings (SSSR count). The lowest BCUT2D eigenvalue weighted by Crippen LogP contribution is -2.34. The third kappa shape index (κ3) is 4.98. The van der Waals surface area contributed by atoms with Crippen molar-refractivity contribution in [3.63, 3.8) is 0 Å². The molecule has 0 fully saturated rings. The van der Waals surface area contributed by atoms with Gasteiger partial charge >= 0.3 is 0 Å². The molecule has 0 bridgehead atoms. The summed E-state index contributed by atoms with van der Waals surface area (Å²) in [6.45, 7) is 1.71. The largest absolute Gasteiger partial charge is 0.457 e. The van der Waals surface area contributed by atoms with Crippen LogP contribution in [-0.2, 0) is 14.8 Å². The summed E-state index contributed by atoms with van der Waals surface area (Å²) in [5.74, 6) is 0.952. The predicted octanol–water partition coefficient (Wildman–Crippen LogP) is 4.11. The molecule has 0 unspecified atom stereocenters. The monoisotopic (exact) mass is 416 g/mol. The zero-order valence-corrected chi connectivity index (χ0v) is 17.1. The van der Waals surface area contributed by atoms with Crippen LogP contribution in [0.2, 0.25) is 0 Å². The van der Waals surface area contributed by atoms with Gasteiger partial charge in [0.05, 0.1) is 6.54 Å². The fourth-order valence-electron chi connectivity index (χ4n) is 2.47. The van der Waals surface area contributed by atoms with E-state index in [2.05, 4.69) is 5.32 Å². The van der Waals surface area contributed by atoms with Crippen LogP contribution in [0.3, 0.4) is 0 Å². The van der Waals surface area contributed by atoms with Gasteiger partial charge in [-0.25, -0.2) is 8.42 Å². The Bertz CT molecular complexity index is 1050. The van der Waals surface area contributed by atoms with Gasteiger partial charge in [0.15, 0.2) is 0 Å². The first-order valence-electron chi connectivity index (χ1n) is 8.49. The van der Waals surface area contributed by atoms with Crippen LogP contribution in [0.25, 0.3) is 0 Å². The van der Waals surface area contributed by atoms with E-state index in [0.717, 1.165) is 27.0 Å². The van der Waals surface area contributed by atoms with Crippen LogP contribution in [0.15, 0.2) is 70.3 Å². The number of hydrogen-bond donors (Lipinski definition) is 1. The number of benzene rings is 2. The number of hydrogen-bond acceptors (Lipinski definition) is 5. The number of nitrogens with zero attached hydrogens (tertiary/aromatic N) is 1. The molecule has 8 heteroatoms. The number of aryl methyl sites for hydroxylation is 1. The van der Waals surface area contributed by atoms with E-state index in [0.29, 0.717) is 11.4 Å². The van der Waals surface area contributed by atoms with Gasteiger partial charge in [0, 0.05) is 12.7 Å². The van der Waals surface area contributed by atoms with Crippen LogP contribution in [0, 0.1) is 6.92 Å². The number of carbonyl (C=O) groups excluding carboxylic acids is 1. The number of sulfonamides is 1. The third-order valence-corrected chi connectivity index (χ3v) is 7.07. The molecule has 0 aliphatic rings. The van der Waals surface area contributed by atoms with Gasteiger partial charge in [0.25, 0.3) is 10.0 Å². The van der Waals surface area contributed by atoms with Gasteiger partial charge in [-0.1, -0.05) is 18.2 Å². The van der Waals surface area contributed by atoms with E-state index in [1.165, 1.54) is 13.1 Å². The Kier molecular flexibility index (Phi) is 6.13. The Hall–Kier alpha value is -2.68. The number of ether oxygens (including phenoxy) is 1. The van der Waals surface area contributed by atoms with E-state index in [9.17, 15) is 13.2 Å². The second-order valence-corrected chi connectivity index (χ2v) is 9.40. The highest BCUT2D eigenvalue weighted by atomic mass is 32.2. The van der Waals surface area contributed by atoms with Crippen LogP contribution in [0.5, 0.6) is 11.5 Å². The Balaban J connectivity index is 1.58. The molecule has 1 aromatic heterocycles. The van der Waals surface area contributed by atoms with Crippen molar-refractivity contribution < 1.29 is 17.9 Å². The second-order valence-electron chi connectivity index (χ2n) is 6.18. The predicted molar refractivity (Wildman–Crippen MR) is 110 cm³/mol. The summed E-state index contributed by atoms with van der Waals surface area (Å²) in [6, 6.07) is 17.8. The maximum atomic E-state index is 12.4. The molecule has 0 radical (unpaired) electrons. The molecule has 0 saturated carbocycles. The van der Waals surface area contributed by atoms with Crippen molar-refractivity contribution in [1.82, 2.24) is 4.31 Å². The van der Waals surface area contributed by atoms with Crippen molar-refractivity contribution in [2.45, 2.75) is 11.1 Å². The maximum absolute atomic E-state index is 12.4. The standard InChI is InChI=1S/C20H20N2O4S2/c1-15-5-3-6-18(13-15)26-17-10-8-16(9-11-17)21-19(23)14-22(2)28(24,25)20-7-4-12-27-20/h3-13H,14H2,1-2H3,(H,21,23). The number of thiophene rings is 1. The maximum Gasteiger partial charge on any atom is 0.252 e. The van der Waals surface area contributed by atoms with Crippen molar-refractivity contribution in [2.24, 2.45) is 0 Å². The molecule has 146 valence electrons. The van der Waals surface area contributed by atoms with Gasteiger partial charge in [-0.2, -0.15) is 4.31 Å². The lowest BCUT2D eigenvalue weighted by molar-refractivity contribution is -0.116. The lowest BCUT2D eigenvalue weighted by Gasteiger charge is -2.15.